The number of ether oxygens (including phenoxy) is 1. The lowest BCUT2D eigenvalue weighted by Crippen LogP contribution is -2.36. The summed E-state index contributed by atoms with van der Waals surface area (Å²) < 4.78 is 59.0. The van der Waals surface area contributed by atoms with Crippen molar-refractivity contribution >= 4 is 11.7 Å². The fourth-order valence-electron chi connectivity index (χ4n) is 3.17. The number of hydrogen-bond donors (Lipinski definition) is 1. The highest BCUT2D eigenvalue weighted by Gasteiger charge is 2.75. The molecule has 2 fully saturated rings. The molecule has 1 aliphatic heterocycles. The Labute approximate surface area is 123 Å². The molecule has 0 amide bonds. The molecule has 1 saturated heterocycles. The van der Waals surface area contributed by atoms with Gasteiger partial charge >= 0.3 is 5.97 Å². The molecule has 0 aromatic heterocycles. The summed E-state index contributed by atoms with van der Waals surface area (Å²) in [5.41, 5.74) is -1.44. The summed E-state index contributed by atoms with van der Waals surface area (Å²) in [6, 6.07) is 0.738. The predicted molar refractivity (Wildman–Crippen MR) is 68.3 cm³/mol. The van der Waals surface area contributed by atoms with Crippen LogP contribution in [0.1, 0.15) is 12.8 Å². The van der Waals surface area contributed by atoms with Crippen molar-refractivity contribution in [2.24, 2.45) is 5.41 Å². The largest absolute Gasteiger partial charge is 0.491 e. The maximum Gasteiger partial charge on any atom is 0.326 e. The molecule has 1 spiro atoms. The lowest BCUT2D eigenvalue weighted by molar-refractivity contribution is -0.138. The molecule has 1 aromatic carbocycles. The number of alkyl halides is 2. The summed E-state index contributed by atoms with van der Waals surface area (Å²) in [5, 5.41) is 9.27. The van der Waals surface area contributed by atoms with Gasteiger partial charge in [0.1, 0.15) is 6.04 Å². The summed E-state index contributed by atoms with van der Waals surface area (Å²) in [6.07, 6.45) is -0.635. The minimum Gasteiger partial charge on any atom is -0.491 e. The van der Waals surface area contributed by atoms with E-state index in [1.165, 1.54) is 0 Å². The van der Waals surface area contributed by atoms with E-state index in [1.54, 1.807) is 0 Å². The van der Waals surface area contributed by atoms with Gasteiger partial charge in [-0.15, -0.1) is 0 Å². The maximum atomic E-state index is 13.8. The van der Waals surface area contributed by atoms with Crippen LogP contribution in [0.3, 0.4) is 0 Å². The lowest BCUT2D eigenvalue weighted by atomic mass is 10.0. The first-order chi connectivity index (χ1) is 10.2. The van der Waals surface area contributed by atoms with E-state index in [0.717, 1.165) is 24.1 Å². The second-order valence-electron chi connectivity index (χ2n) is 5.76. The Bertz CT molecular complexity index is 651. The average molecular weight is 319 g/mol. The van der Waals surface area contributed by atoms with Gasteiger partial charge in [0.2, 0.25) is 5.82 Å². The van der Waals surface area contributed by atoms with Gasteiger partial charge in [0.25, 0.3) is 5.92 Å². The quantitative estimate of drug-likeness (QED) is 0.870. The molecule has 0 bridgehead atoms. The van der Waals surface area contributed by atoms with Crippen LogP contribution in [-0.2, 0) is 4.79 Å². The normalized spacial score (nSPS) is 29.0. The molecule has 1 heterocycles. The van der Waals surface area contributed by atoms with Crippen LogP contribution in [0.25, 0.3) is 0 Å². The molecule has 1 saturated carbocycles. The molecule has 3 rings (SSSR count). The summed E-state index contributed by atoms with van der Waals surface area (Å²) in [6.45, 7) is -0.238. The molecule has 1 N–H and O–H groups in total. The fourth-order valence-corrected chi connectivity index (χ4v) is 3.17. The highest BCUT2D eigenvalue weighted by Crippen LogP contribution is 2.66. The van der Waals surface area contributed by atoms with Crippen LogP contribution >= 0.6 is 0 Å². The van der Waals surface area contributed by atoms with Crippen molar-refractivity contribution in [3.63, 3.8) is 0 Å². The summed E-state index contributed by atoms with van der Waals surface area (Å²) >= 11 is 0. The third-order valence-corrected chi connectivity index (χ3v) is 4.47. The molecule has 22 heavy (non-hydrogen) atoms. The number of carbonyl (C=O) groups is 1. The van der Waals surface area contributed by atoms with Gasteiger partial charge in [-0.25, -0.2) is 18.0 Å². The molecule has 2 aliphatic rings. The molecule has 1 aliphatic carbocycles. The molecule has 2 unspecified atom stereocenters. The average Bonchev–Trinajstić information content (AvgIpc) is 2.80. The van der Waals surface area contributed by atoms with Gasteiger partial charge in [0.05, 0.1) is 18.2 Å². The van der Waals surface area contributed by atoms with E-state index >= 15 is 0 Å². The zero-order valence-corrected chi connectivity index (χ0v) is 11.6. The van der Waals surface area contributed by atoms with Crippen molar-refractivity contribution in [3.8, 4) is 5.75 Å². The maximum absolute atomic E-state index is 13.8. The Kier molecular flexibility index (Phi) is 3.05. The first kappa shape index (κ1) is 14.9. The summed E-state index contributed by atoms with van der Waals surface area (Å²) in [4.78, 5) is 12.5. The van der Waals surface area contributed by atoms with Crippen molar-refractivity contribution in [2.45, 2.75) is 24.8 Å². The van der Waals surface area contributed by atoms with E-state index in [-0.39, 0.29) is 18.7 Å². The van der Waals surface area contributed by atoms with Crippen molar-refractivity contribution in [3.05, 3.63) is 23.8 Å². The molecule has 2 atom stereocenters. The van der Waals surface area contributed by atoms with Gasteiger partial charge in [0.15, 0.2) is 11.6 Å². The molecule has 0 radical (unpaired) electrons. The van der Waals surface area contributed by atoms with Crippen molar-refractivity contribution in [1.29, 1.82) is 0 Å². The minimum absolute atomic E-state index is 0.0339. The van der Waals surface area contributed by atoms with Crippen LogP contribution in [0.4, 0.5) is 23.2 Å². The topological polar surface area (TPSA) is 49.8 Å². The smallest absolute Gasteiger partial charge is 0.326 e. The SMILES string of the molecule is COc1c(N2CC3(CC2C(=O)O)CC3(F)F)ccc(F)c1F. The van der Waals surface area contributed by atoms with Crippen LogP contribution in [0, 0.1) is 17.0 Å². The molecule has 1 aromatic rings. The van der Waals surface area contributed by atoms with Crippen LogP contribution in [-0.4, -0.2) is 36.7 Å². The third-order valence-electron chi connectivity index (χ3n) is 4.47. The van der Waals surface area contributed by atoms with E-state index in [9.17, 15) is 27.5 Å². The highest BCUT2D eigenvalue weighted by atomic mass is 19.3. The van der Waals surface area contributed by atoms with Gasteiger partial charge in [-0.2, -0.15) is 4.39 Å². The number of nitrogens with zero attached hydrogens (tertiary/aromatic N) is 1. The number of anilines is 1. The van der Waals surface area contributed by atoms with Gasteiger partial charge < -0.3 is 14.7 Å². The fraction of sp³-hybridized carbons (Fsp3) is 0.500. The Balaban J connectivity index is 2.03. The number of carboxylic acids is 1. The summed E-state index contributed by atoms with van der Waals surface area (Å²) in [5.74, 6) is -7.12. The van der Waals surface area contributed by atoms with Crippen molar-refractivity contribution in [1.82, 2.24) is 0 Å². The van der Waals surface area contributed by atoms with Gasteiger partial charge in [-0.1, -0.05) is 0 Å². The monoisotopic (exact) mass is 319 g/mol. The van der Waals surface area contributed by atoms with E-state index < -0.39 is 47.2 Å². The number of hydrogen-bond acceptors (Lipinski definition) is 3. The van der Waals surface area contributed by atoms with Crippen LogP contribution < -0.4 is 9.64 Å². The molecule has 8 heteroatoms. The third kappa shape index (κ3) is 1.93. The Morgan fingerprint density at radius 2 is 2.05 bits per heavy atom. The Morgan fingerprint density at radius 3 is 2.55 bits per heavy atom. The van der Waals surface area contributed by atoms with Gasteiger partial charge in [0, 0.05) is 13.0 Å². The Morgan fingerprint density at radius 1 is 1.41 bits per heavy atom. The minimum atomic E-state index is -2.93. The number of rotatable bonds is 3. The van der Waals surface area contributed by atoms with Gasteiger partial charge in [-0.05, 0) is 18.6 Å². The van der Waals surface area contributed by atoms with Crippen molar-refractivity contribution in [2.75, 3.05) is 18.6 Å². The lowest BCUT2D eigenvalue weighted by Gasteiger charge is -2.25. The number of halogens is 4. The number of aliphatic carboxylic acids is 1. The van der Waals surface area contributed by atoms with E-state index in [4.69, 9.17) is 4.74 Å². The summed E-state index contributed by atoms with van der Waals surface area (Å²) in [7, 11) is 1.11. The number of benzene rings is 1. The predicted octanol–water partition coefficient (Wildman–Crippen LogP) is 2.66. The first-order valence-corrected chi connectivity index (χ1v) is 6.62. The number of carboxylic acid groups (broad SMARTS) is 1. The molecular formula is C14H13F4NO3. The van der Waals surface area contributed by atoms with Crippen LogP contribution in [0.2, 0.25) is 0 Å². The van der Waals surface area contributed by atoms with Crippen LogP contribution in [0.15, 0.2) is 12.1 Å². The molecular weight excluding hydrogens is 306 g/mol. The molecule has 120 valence electrons. The highest BCUT2D eigenvalue weighted by molar-refractivity contribution is 5.81. The zero-order chi connectivity index (χ0) is 16.3. The van der Waals surface area contributed by atoms with E-state index in [1.807, 2.05) is 0 Å². The standard InChI is InChI=1S/C14H13F4NO3/c1-22-11-8(3-2-7(15)10(11)16)19-6-13(5-14(13,17)18)4-9(19)12(20)21/h2-3,9H,4-6H2,1H3,(H,20,21). The zero-order valence-electron chi connectivity index (χ0n) is 11.6. The molecule has 4 nitrogen and oxygen atoms in total. The van der Waals surface area contributed by atoms with Crippen LogP contribution in [0.5, 0.6) is 5.75 Å². The Hall–Kier alpha value is -1.99. The first-order valence-electron chi connectivity index (χ1n) is 6.62. The van der Waals surface area contributed by atoms with Gasteiger partial charge in [-0.3, -0.25) is 0 Å². The van der Waals surface area contributed by atoms with Crippen molar-refractivity contribution < 1.29 is 32.2 Å². The second-order valence-corrected chi connectivity index (χ2v) is 5.76. The second kappa shape index (κ2) is 4.50. The van der Waals surface area contributed by atoms with E-state index in [0.29, 0.717) is 0 Å². The van der Waals surface area contributed by atoms with E-state index in [2.05, 4.69) is 0 Å². The number of methoxy groups -OCH3 is 1.